The molecule has 3 aromatic carbocycles. The summed E-state index contributed by atoms with van der Waals surface area (Å²) in [5.74, 6) is -2.55. The lowest BCUT2D eigenvalue weighted by Gasteiger charge is -2.42. The number of nitrogens with zero attached hydrogens (tertiary/aromatic N) is 1. The Morgan fingerprint density at radius 1 is 0.857 bits per heavy atom. The Kier molecular flexibility index (Phi) is 7.54. The van der Waals surface area contributed by atoms with Crippen LogP contribution in [0, 0.1) is 17.5 Å². The van der Waals surface area contributed by atoms with Gasteiger partial charge < -0.3 is 10.2 Å². The molecule has 7 heteroatoms. The molecule has 35 heavy (non-hydrogen) atoms. The second-order valence-corrected chi connectivity index (χ2v) is 8.93. The first kappa shape index (κ1) is 24.5. The lowest BCUT2D eigenvalue weighted by Crippen LogP contribution is -2.47. The van der Waals surface area contributed by atoms with Crippen LogP contribution >= 0.6 is 0 Å². The highest BCUT2D eigenvalue weighted by molar-refractivity contribution is 5.94. The maximum absolute atomic E-state index is 14.1. The van der Waals surface area contributed by atoms with E-state index in [4.69, 9.17) is 0 Å². The largest absolute Gasteiger partial charge is 0.356 e. The number of nitrogens with one attached hydrogen (secondary N) is 1. The van der Waals surface area contributed by atoms with Crippen LogP contribution in [-0.4, -0.2) is 36.3 Å². The Morgan fingerprint density at radius 3 is 2.23 bits per heavy atom. The van der Waals surface area contributed by atoms with E-state index in [9.17, 15) is 22.8 Å². The Balaban J connectivity index is 1.43. The van der Waals surface area contributed by atoms with Crippen LogP contribution in [0.1, 0.15) is 40.7 Å². The molecule has 1 heterocycles. The van der Waals surface area contributed by atoms with E-state index in [-0.39, 0.29) is 23.7 Å². The molecule has 3 aromatic rings. The summed E-state index contributed by atoms with van der Waals surface area (Å²) in [6, 6.07) is 19.1. The van der Waals surface area contributed by atoms with Gasteiger partial charge >= 0.3 is 0 Å². The van der Waals surface area contributed by atoms with Crippen LogP contribution in [0.25, 0.3) is 0 Å². The van der Waals surface area contributed by atoms with Crippen molar-refractivity contribution < 1.29 is 22.8 Å². The van der Waals surface area contributed by atoms with Crippen molar-refractivity contribution in [2.45, 2.75) is 31.1 Å². The number of carbonyl (C=O) groups excluding carboxylic acids is 2. The molecule has 1 aliphatic heterocycles. The van der Waals surface area contributed by atoms with Crippen molar-refractivity contribution in [2.75, 3.05) is 19.6 Å². The number of benzene rings is 3. The number of likely N-dealkylation sites (tertiary alicyclic amines) is 1. The third kappa shape index (κ3) is 5.73. The number of rotatable bonds is 7. The summed E-state index contributed by atoms with van der Waals surface area (Å²) in [5, 5.41) is 2.90. The number of carbonyl (C=O) groups is 2. The molecule has 4 nitrogen and oxygen atoms in total. The van der Waals surface area contributed by atoms with E-state index in [0.29, 0.717) is 50.5 Å². The molecule has 1 aliphatic rings. The number of piperidine rings is 1. The second-order valence-electron chi connectivity index (χ2n) is 8.93. The van der Waals surface area contributed by atoms with Gasteiger partial charge in [0.25, 0.3) is 5.91 Å². The zero-order valence-corrected chi connectivity index (χ0v) is 19.3. The Hall–Kier alpha value is -3.61. The highest BCUT2D eigenvalue weighted by atomic mass is 19.1. The van der Waals surface area contributed by atoms with Gasteiger partial charge in [-0.2, -0.15) is 0 Å². The lowest BCUT2D eigenvalue weighted by molar-refractivity contribution is -0.122. The molecular formula is C28H27F3N2O2. The van der Waals surface area contributed by atoms with Gasteiger partial charge in [-0.15, -0.1) is 0 Å². The summed E-state index contributed by atoms with van der Waals surface area (Å²) in [6.07, 6.45) is 1.65. The van der Waals surface area contributed by atoms with E-state index in [1.807, 2.05) is 30.3 Å². The predicted octanol–water partition coefficient (Wildman–Crippen LogP) is 5.03. The monoisotopic (exact) mass is 480 g/mol. The quantitative estimate of drug-likeness (QED) is 0.516. The van der Waals surface area contributed by atoms with Gasteiger partial charge in [-0.05, 0) is 48.6 Å². The van der Waals surface area contributed by atoms with E-state index in [1.54, 1.807) is 23.1 Å². The summed E-state index contributed by atoms with van der Waals surface area (Å²) in [5.41, 5.74) is 0.904. The number of hydrogen-bond acceptors (Lipinski definition) is 2. The fraction of sp³-hybridized carbons (Fsp3) is 0.286. The lowest BCUT2D eigenvalue weighted by atomic mass is 9.70. The van der Waals surface area contributed by atoms with Crippen LogP contribution in [0.15, 0.2) is 72.8 Å². The first-order valence-electron chi connectivity index (χ1n) is 11.7. The molecule has 182 valence electrons. The third-order valence-corrected chi connectivity index (χ3v) is 6.73. The Labute approximate surface area is 202 Å². The fourth-order valence-corrected chi connectivity index (χ4v) is 4.74. The van der Waals surface area contributed by atoms with E-state index < -0.39 is 23.0 Å². The van der Waals surface area contributed by atoms with Crippen molar-refractivity contribution in [1.29, 1.82) is 0 Å². The van der Waals surface area contributed by atoms with Crippen molar-refractivity contribution in [1.82, 2.24) is 10.2 Å². The zero-order valence-electron chi connectivity index (χ0n) is 19.3. The van der Waals surface area contributed by atoms with Crippen molar-refractivity contribution in [3.8, 4) is 0 Å². The summed E-state index contributed by atoms with van der Waals surface area (Å²) >= 11 is 0. The number of amides is 2. The van der Waals surface area contributed by atoms with Crippen molar-refractivity contribution >= 4 is 11.8 Å². The zero-order chi connectivity index (χ0) is 24.8. The van der Waals surface area contributed by atoms with Crippen LogP contribution < -0.4 is 5.32 Å². The molecule has 0 aromatic heterocycles. The summed E-state index contributed by atoms with van der Waals surface area (Å²) in [6.45, 7) is 0.999. The van der Waals surface area contributed by atoms with E-state index in [0.717, 1.165) is 17.7 Å². The molecule has 0 atom stereocenters. The average Bonchev–Trinajstić information content (AvgIpc) is 2.86. The maximum Gasteiger partial charge on any atom is 0.256 e. The van der Waals surface area contributed by atoms with Crippen LogP contribution in [-0.2, 0) is 16.6 Å². The molecule has 1 saturated heterocycles. The Bertz CT molecular complexity index is 1190. The van der Waals surface area contributed by atoms with Crippen LogP contribution in [0.5, 0.6) is 0 Å². The smallest absolute Gasteiger partial charge is 0.256 e. The van der Waals surface area contributed by atoms with Gasteiger partial charge in [-0.3, -0.25) is 9.59 Å². The molecule has 2 amide bonds. The summed E-state index contributed by atoms with van der Waals surface area (Å²) < 4.78 is 41.2. The number of halogens is 3. The first-order valence-corrected chi connectivity index (χ1v) is 11.7. The molecule has 0 unspecified atom stereocenters. The van der Waals surface area contributed by atoms with Gasteiger partial charge in [-0.25, -0.2) is 13.2 Å². The highest BCUT2D eigenvalue weighted by Gasteiger charge is 2.39. The standard InChI is InChI=1S/C28H27F3N2O2/c29-22-10-11-23(25(31)18-22)27(35)33-16-13-28(14-17-33,21-7-2-1-3-8-21)19-26(34)32-15-12-20-6-4-5-9-24(20)30/h1-11,18H,12-17,19H2,(H,32,34). The molecular weight excluding hydrogens is 453 g/mol. The molecule has 1 fully saturated rings. The van der Waals surface area contributed by atoms with Crippen molar-refractivity contribution in [3.05, 3.63) is 107 Å². The van der Waals surface area contributed by atoms with Crippen LogP contribution in [0.3, 0.4) is 0 Å². The molecule has 4 rings (SSSR count). The number of hydrogen-bond donors (Lipinski definition) is 1. The highest BCUT2D eigenvalue weighted by Crippen LogP contribution is 2.39. The van der Waals surface area contributed by atoms with Gasteiger partial charge in [0, 0.05) is 37.5 Å². The fourth-order valence-electron chi connectivity index (χ4n) is 4.74. The molecule has 0 bridgehead atoms. The van der Waals surface area contributed by atoms with E-state index >= 15 is 0 Å². The normalized spacial score (nSPS) is 15.0. The topological polar surface area (TPSA) is 49.4 Å². The van der Waals surface area contributed by atoms with Gasteiger partial charge in [0.05, 0.1) is 5.56 Å². The van der Waals surface area contributed by atoms with Crippen molar-refractivity contribution in [3.63, 3.8) is 0 Å². The third-order valence-electron chi connectivity index (χ3n) is 6.73. The average molecular weight is 481 g/mol. The summed E-state index contributed by atoms with van der Waals surface area (Å²) in [7, 11) is 0. The Morgan fingerprint density at radius 2 is 1.54 bits per heavy atom. The van der Waals surface area contributed by atoms with Gasteiger partial charge in [0.15, 0.2) is 0 Å². The van der Waals surface area contributed by atoms with Crippen molar-refractivity contribution in [2.24, 2.45) is 0 Å². The molecule has 0 radical (unpaired) electrons. The molecule has 0 aliphatic carbocycles. The minimum Gasteiger partial charge on any atom is -0.356 e. The SMILES string of the molecule is O=C(CC1(c2ccccc2)CCN(C(=O)c2ccc(F)cc2F)CC1)NCCc1ccccc1F. The molecule has 0 saturated carbocycles. The van der Waals surface area contributed by atoms with E-state index in [1.165, 1.54) is 6.07 Å². The first-order chi connectivity index (χ1) is 16.9. The predicted molar refractivity (Wildman–Crippen MR) is 127 cm³/mol. The molecule has 0 spiro atoms. The van der Waals surface area contributed by atoms with Crippen LogP contribution in [0.4, 0.5) is 13.2 Å². The van der Waals surface area contributed by atoms with Gasteiger partial charge in [0.2, 0.25) is 5.91 Å². The molecule has 1 N–H and O–H groups in total. The van der Waals surface area contributed by atoms with Gasteiger partial charge in [0.1, 0.15) is 17.5 Å². The van der Waals surface area contributed by atoms with Crippen LogP contribution in [0.2, 0.25) is 0 Å². The second kappa shape index (κ2) is 10.8. The van der Waals surface area contributed by atoms with Gasteiger partial charge in [-0.1, -0.05) is 48.5 Å². The van der Waals surface area contributed by atoms with E-state index in [2.05, 4.69) is 5.32 Å². The maximum atomic E-state index is 14.1. The minimum absolute atomic E-state index is 0.144. The summed E-state index contributed by atoms with van der Waals surface area (Å²) in [4.78, 5) is 27.3. The minimum atomic E-state index is -0.885.